The number of nitrogens with two attached hydrogens (primary N) is 1. The molecule has 92 valence electrons. The summed E-state index contributed by atoms with van der Waals surface area (Å²) in [7, 11) is -3.66. The second kappa shape index (κ2) is 6.15. The van der Waals surface area contributed by atoms with Crippen LogP contribution in [0.3, 0.4) is 0 Å². The highest BCUT2D eigenvalue weighted by molar-refractivity contribution is 7.89. The molecule has 4 nitrogen and oxygen atoms in total. The highest BCUT2D eigenvalue weighted by Gasteiger charge is 2.16. The first-order valence-electron chi connectivity index (χ1n) is 4.43. The Labute approximate surface area is 100 Å². The molecule has 1 aromatic rings. The van der Waals surface area contributed by atoms with E-state index in [0.717, 1.165) is 6.07 Å². The molecule has 0 fully saturated rings. The van der Waals surface area contributed by atoms with Crippen LogP contribution >= 0.6 is 12.4 Å². The first-order valence-corrected chi connectivity index (χ1v) is 5.92. The summed E-state index contributed by atoms with van der Waals surface area (Å²) >= 11 is 0. The van der Waals surface area contributed by atoms with Crippen molar-refractivity contribution in [1.82, 2.24) is 4.72 Å². The van der Waals surface area contributed by atoms with E-state index in [0.29, 0.717) is 0 Å². The SMILES string of the molecule is C[C@H](CN)NS(=O)(=O)c1cccc(F)c1.Cl. The molecular formula is C9H14ClFN2O2S. The lowest BCUT2D eigenvalue weighted by Gasteiger charge is -2.11. The molecule has 0 heterocycles. The van der Waals surface area contributed by atoms with Crippen molar-refractivity contribution in [2.45, 2.75) is 17.9 Å². The molecule has 1 rings (SSSR count). The molecule has 16 heavy (non-hydrogen) atoms. The average Bonchev–Trinajstić information content (AvgIpc) is 2.17. The fourth-order valence-corrected chi connectivity index (χ4v) is 2.30. The third-order valence-electron chi connectivity index (χ3n) is 1.82. The van der Waals surface area contributed by atoms with Crippen LogP contribution in [0.15, 0.2) is 29.2 Å². The molecule has 0 aromatic heterocycles. The standard InChI is InChI=1S/C9H13FN2O2S.ClH/c1-7(6-11)12-15(13,14)9-4-2-3-8(10)5-9;/h2-5,7,12H,6,11H2,1H3;1H/t7-;/m1./s1. The second-order valence-corrected chi connectivity index (χ2v) is 4.93. The van der Waals surface area contributed by atoms with Gasteiger partial charge in [0, 0.05) is 12.6 Å². The van der Waals surface area contributed by atoms with E-state index < -0.39 is 15.8 Å². The van der Waals surface area contributed by atoms with Gasteiger partial charge in [-0.2, -0.15) is 0 Å². The van der Waals surface area contributed by atoms with Gasteiger partial charge in [0.15, 0.2) is 0 Å². The Bertz CT molecular complexity index is 439. The molecule has 0 saturated heterocycles. The molecule has 1 atom stereocenters. The van der Waals surface area contributed by atoms with Crippen LogP contribution in [0.4, 0.5) is 4.39 Å². The Kier molecular flexibility index (Phi) is 5.88. The normalized spacial score (nSPS) is 12.9. The van der Waals surface area contributed by atoms with Gasteiger partial charge in [-0.1, -0.05) is 6.07 Å². The Morgan fingerprint density at radius 1 is 1.50 bits per heavy atom. The zero-order chi connectivity index (χ0) is 11.5. The smallest absolute Gasteiger partial charge is 0.240 e. The Morgan fingerprint density at radius 3 is 2.62 bits per heavy atom. The number of hydrogen-bond donors (Lipinski definition) is 2. The van der Waals surface area contributed by atoms with Crippen molar-refractivity contribution < 1.29 is 12.8 Å². The van der Waals surface area contributed by atoms with Crippen molar-refractivity contribution in [1.29, 1.82) is 0 Å². The number of nitrogens with one attached hydrogen (secondary N) is 1. The number of hydrogen-bond acceptors (Lipinski definition) is 3. The minimum atomic E-state index is -3.66. The van der Waals surface area contributed by atoms with Crippen LogP contribution < -0.4 is 10.5 Å². The average molecular weight is 269 g/mol. The highest BCUT2D eigenvalue weighted by atomic mass is 35.5. The van der Waals surface area contributed by atoms with E-state index in [-0.39, 0.29) is 29.9 Å². The van der Waals surface area contributed by atoms with Crippen molar-refractivity contribution in [2.24, 2.45) is 5.73 Å². The molecule has 0 saturated carbocycles. The predicted octanol–water partition coefficient (Wildman–Crippen LogP) is 0.873. The van der Waals surface area contributed by atoms with E-state index in [1.165, 1.54) is 18.2 Å². The van der Waals surface area contributed by atoms with Gasteiger partial charge in [-0.05, 0) is 25.1 Å². The van der Waals surface area contributed by atoms with E-state index in [1.807, 2.05) is 0 Å². The first-order chi connectivity index (χ1) is 6.95. The summed E-state index contributed by atoms with van der Waals surface area (Å²) in [6, 6.07) is 4.45. The molecule has 0 bridgehead atoms. The van der Waals surface area contributed by atoms with Gasteiger partial charge in [0.2, 0.25) is 10.0 Å². The molecule has 0 amide bonds. The van der Waals surface area contributed by atoms with E-state index in [2.05, 4.69) is 4.72 Å². The van der Waals surface area contributed by atoms with Crippen LogP contribution in [0, 0.1) is 5.82 Å². The summed E-state index contributed by atoms with van der Waals surface area (Å²) in [6.45, 7) is 1.82. The maximum absolute atomic E-state index is 12.8. The van der Waals surface area contributed by atoms with Crippen LogP contribution in [-0.2, 0) is 10.0 Å². The van der Waals surface area contributed by atoms with Crippen molar-refractivity contribution in [3.63, 3.8) is 0 Å². The Hall–Kier alpha value is -0.690. The van der Waals surface area contributed by atoms with E-state index in [4.69, 9.17) is 5.73 Å². The molecule has 0 spiro atoms. The summed E-state index contributed by atoms with van der Waals surface area (Å²) in [4.78, 5) is -0.0946. The van der Waals surface area contributed by atoms with Gasteiger partial charge in [0.05, 0.1) is 4.90 Å². The molecule has 3 N–H and O–H groups in total. The maximum Gasteiger partial charge on any atom is 0.240 e. The van der Waals surface area contributed by atoms with Crippen molar-refractivity contribution >= 4 is 22.4 Å². The number of halogens is 2. The molecular weight excluding hydrogens is 255 g/mol. The maximum atomic E-state index is 12.8. The monoisotopic (exact) mass is 268 g/mol. The van der Waals surface area contributed by atoms with E-state index in [9.17, 15) is 12.8 Å². The Morgan fingerprint density at radius 2 is 2.12 bits per heavy atom. The lowest BCUT2D eigenvalue weighted by Crippen LogP contribution is -2.37. The summed E-state index contributed by atoms with van der Waals surface area (Å²) in [5.41, 5.74) is 5.29. The summed E-state index contributed by atoms with van der Waals surface area (Å²) in [5.74, 6) is -0.585. The second-order valence-electron chi connectivity index (χ2n) is 3.22. The largest absolute Gasteiger partial charge is 0.329 e. The highest BCUT2D eigenvalue weighted by Crippen LogP contribution is 2.10. The fourth-order valence-electron chi connectivity index (χ4n) is 1.02. The predicted molar refractivity (Wildman–Crippen MR) is 62.5 cm³/mol. The molecule has 0 aliphatic rings. The molecule has 0 radical (unpaired) electrons. The van der Waals surface area contributed by atoms with Crippen LogP contribution in [0.1, 0.15) is 6.92 Å². The third-order valence-corrected chi connectivity index (χ3v) is 3.40. The molecule has 7 heteroatoms. The fraction of sp³-hybridized carbons (Fsp3) is 0.333. The van der Waals surface area contributed by atoms with Gasteiger partial charge in [-0.25, -0.2) is 17.5 Å². The van der Waals surface area contributed by atoms with Crippen LogP contribution in [-0.4, -0.2) is 21.0 Å². The van der Waals surface area contributed by atoms with Gasteiger partial charge in [-0.3, -0.25) is 0 Å². The zero-order valence-corrected chi connectivity index (χ0v) is 10.3. The number of sulfonamides is 1. The van der Waals surface area contributed by atoms with E-state index in [1.54, 1.807) is 6.92 Å². The quantitative estimate of drug-likeness (QED) is 0.851. The molecule has 1 aromatic carbocycles. The summed E-state index contributed by atoms with van der Waals surface area (Å²) in [5, 5.41) is 0. The van der Waals surface area contributed by atoms with Crippen molar-refractivity contribution in [3.05, 3.63) is 30.1 Å². The Balaban J connectivity index is 0.00000225. The molecule has 0 unspecified atom stereocenters. The zero-order valence-electron chi connectivity index (χ0n) is 8.68. The molecule has 0 aliphatic heterocycles. The van der Waals surface area contributed by atoms with Gasteiger partial charge in [0.1, 0.15) is 5.82 Å². The van der Waals surface area contributed by atoms with Crippen LogP contribution in [0.25, 0.3) is 0 Å². The molecule has 0 aliphatic carbocycles. The lowest BCUT2D eigenvalue weighted by molar-refractivity contribution is 0.560. The van der Waals surface area contributed by atoms with Crippen molar-refractivity contribution in [3.8, 4) is 0 Å². The van der Waals surface area contributed by atoms with Gasteiger partial charge in [-0.15, -0.1) is 12.4 Å². The summed E-state index contributed by atoms with van der Waals surface area (Å²) in [6.07, 6.45) is 0. The van der Waals surface area contributed by atoms with E-state index >= 15 is 0 Å². The number of rotatable bonds is 4. The van der Waals surface area contributed by atoms with Gasteiger partial charge >= 0.3 is 0 Å². The van der Waals surface area contributed by atoms with Crippen molar-refractivity contribution in [2.75, 3.05) is 6.54 Å². The van der Waals surface area contributed by atoms with Crippen LogP contribution in [0.2, 0.25) is 0 Å². The summed E-state index contributed by atoms with van der Waals surface area (Å²) < 4.78 is 38.4. The van der Waals surface area contributed by atoms with Gasteiger partial charge in [0.25, 0.3) is 0 Å². The lowest BCUT2D eigenvalue weighted by atomic mass is 10.4. The minimum absolute atomic E-state index is 0. The number of benzene rings is 1. The third kappa shape index (κ3) is 4.05. The van der Waals surface area contributed by atoms with Gasteiger partial charge < -0.3 is 5.73 Å². The minimum Gasteiger partial charge on any atom is -0.329 e. The van der Waals surface area contributed by atoms with Crippen LogP contribution in [0.5, 0.6) is 0 Å². The first kappa shape index (κ1) is 15.3. The topological polar surface area (TPSA) is 72.2 Å².